The summed E-state index contributed by atoms with van der Waals surface area (Å²) in [5, 5.41) is 4.24. The van der Waals surface area contributed by atoms with E-state index in [1.54, 1.807) is 0 Å². The van der Waals surface area contributed by atoms with Crippen molar-refractivity contribution in [1.29, 1.82) is 0 Å². The number of fused-ring (bicyclic) bond motifs is 1. The molecule has 20 heavy (non-hydrogen) atoms. The van der Waals surface area contributed by atoms with E-state index in [-0.39, 0.29) is 0 Å². The van der Waals surface area contributed by atoms with Crippen molar-refractivity contribution in [1.82, 2.24) is 20.2 Å². The maximum atomic E-state index is 5.94. The van der Waals surface area contributed by atoms with Gasteiger partial charge in [-0.1, -0.05) is 6.07 Å². The molecule has 1 aliphatic rings. The van der Waals surface area contributed by atoms with Crippen LogP contribution in [0.4, 0.5) is 5.82 Å². The molecular formula is C14H19N5O. The first-order valence-electron chi connectivity index (χ1n) is 6.78. The van der Waals surface area contributed by atoms with Crippen LogP contribution in [-0.4, -0.2) is 54.2 Å². The molecule has 6 heteroatoms. The lowest BCUT2D eigenvalue weighted by molar-refractivity contribution is 0.181. The summed E-state index contributed by atoms with van der Waals surface area (Å²) in [7, 11) is 2.12. The minimum absolute atomic E-state index is 0.329. The molecule has 3 rings (SSSR count). The van der Waals surface area contributed by atoms with E-state index in [0.717, 1.165) is 36.3 Å². The zero-order valence-corrected chi connectivity index (χ0v) is 11.5. The van der Waals surface area contributed by atoms with Crippen molar-refractivity contribution in [3.8, 4) is 5.75 Å². The minimum Gasteiger partial charge on any atom is -0.491 e. The van der Waals surface area contributed by atoms with Crippen molar-refractivity contribution >= 4 is 16.7 Å². The molecule has 0 spiro atoms. The van der Waals surface area contributed by atoms with Gasteiger partial charge in [0.2, 0.25) is 0 Å². The van der Waals surface area contributed by atoms with Crippen LogP contribution in [0.15, 0.2) is 24.5 Å². The van der Waals surface area contributed by atoms with Gasteiger partial charge >= 0.3 is 0 Å². The van der Waals surface area contributed by atoms with Crippen LogP contribution >= 0.6 is 0 Å². The Kier molecular flexibility index (Phi) is 3.66. The summed E-state index contributed by atoms with van der Waals surface area (Å²) in [6, 6.07) is 6.07. The van der Waals surface area contributed by atoms with Crippen molar-refractivity contribution in [2.75, 3.05) is 39.0 Å². The zero-order valence-electron chi connectivity index (χ0n) is 11.5. The molecule has 1 aromatic carbocycles. The van der Waals surface area contributed by atoms with Crippen molar-refractivity contribution < 1.29 is 4.74 Å². The topological polar surface area (TPSA) is 76.3 Å². The Balaban J connectivity index is 1.77. The number of piperazine rings is 1. The average Bonchev–Trinajstić information content (AvgIpc) is 2.45. The fraction of sp³-hybridized carbons (Fsp3) is 0.429. The Morgan fingerprint density at radius 1 is 1.45 bits per heavy atom. The SMILES string of the molecule is CN1CCN[C@H](COc2cccc3ncnc(N)c23)C1. The van der Waals surface area contributed by atoms with Crippen LogP contribution in [-0.2, 0) is 0 Å². The van der Waals surface area contributed by atoms with E-state index in [1.165, 1.54) is 6.33 Å². The van der Waals surface area contributed by atoms with Crippen LogP contribution in [0.1, 0.15) is 0 Å². The highest BCUT2D eigenvalue weighted by atomic mass is 16.5. The molecule has 0 amide bonds. The molecule has 2 heterocycles. The highest BCUT2D eigenvalue weighted by Gasteiger charge is 2.17. The number of benzene rings is 1. The molecule has 1 aliphatic heterocycles. The second kappa shape index (κ2) is 5.60. The first-order chi connectivity index (χ1) is 9.74. The van der Waals surface area contributed by atoms with E-state index < -0.39 is 0 Å². The third-order valence-electron chi connectivity index (χ3n) is 3.55. The van der Waals surface area contributed by atoms with Gasteiger partial charge in [0.25, 0.3) is 0 Å². The normalized spacial score (nSPS) is 20.1. The van der Waals surface area contributed by atoms with E-state index in [4.69, 9.17) is 10.5 Å². The molecule has 0 aliphatic carbocycles. The van der Waals surface area contributed by atoms with E-state index in [0.29, 0.717) is 18.5 Å². The van der Waals surface area contributed by atoms with Gasteiger partial charge in [-0.25, -0.2) is 9.97 Å². The van der Waals surface area contributed by atoms with Gasteiger partial charge < -0.3 is 20.7 Å². The van der Waals surface area contributed by atoms with Gasteiger partial charge in [0.05, 0.1) is 16.9 Å². The Labute approximate surface area is 117 Å². The van der Waals surface area contributed by atoms with Crippen molar-refractivity contribution in [3.63, 3.8) is 0 Å². The van der Waals surface area contributed by atoms with Crippen LogP contribution in [0.5, 0.6) is 5.75 Å². The number of nitrogen functional groups attached to an aromatic ring is 1. The standard InChI is InChI=1S/C14H19N5O/c1-19-6-5-16-10(7-19)8-20-12-4-2-3-11-13(12)14(15)18-9-17-11/h2-4,9-10,16H,5-8H2,1H3,(H2,15,17,18)/t10-/m0/s1. The van der Waals surface area contributed by atoms with E-state index in [1.807, 2.05) is 18.2 Å². The molecule has 3 N–H and O–H groups in total. The number of ether oxygens (including phenoxy) is 1. The molecule has 0 saturated carbocycles. The summed E-state index contributed by atoms with van der Waals surface area (Å²) in [4.78, 5) is 10.5. The highest BCUT2D eigenvalue weighted by molar-refractivity contribution is 5.93. The Morgan fingerprint density at radius 3 is 3.20 bits per heavy atom. The number of likely N-dealkylation sites (N-methyl/N-ethyl adjacent to an activating group) is 1. The number of nitrogens with one attached hydrogen (secondary N) is 1. The Hall–Kier alpha value is -1.92. The van der Waals surface area contributed by atoms with Gasteiger partial charge in [-0.2, -0.15) is 0 Å². The molecule has 0 unspecified atom stereocenters. The van der Waals surface area contributed by atoms with Crippen molar-refractivity contribution in [2.45, 2.75) is 6.04 Å². The van der Waals surface area contributed by atoms with Crippen molar-refractivity contribution in [3.05, 3.63) is 24.5 Å². The summed E-state index contributed by atoms with van der Waals surface area (Å²) in [5.74, 6) is 1.20. The van der Waals surface area contributed by atoms with Gasteiger partial charge in [0.15, 0.2) is 0 Å². The van der Waals surface area contributed by atoms with Crippen LogP contribution in [0.3, 0.4) is 0 Å². The highest BCUT2D eigenvalue weighted by Crippen LogP contribution is 2.27. The largest absolute Gasteiger partial charge is 0.491 e. The minimum atomic E-state index is 0.329. The molecule has 0 bridgehead atoms. The number of nitrogens with two attached hydrogens (primary N) is 1. The average molecular weight is 273 g/mol. The monoisotopic (exact) mass is 273 g/mol. The lowest BCUT2D eigenvalue weighted by Crippen LogP contribution is -2.51. The van der Waals surface area contributed by atoms with Gasteiger partial charge in [-0.3, -0.25) is 0 Å². The van der Waals surface area contributed by atoms with Crippen LogP contribution in [0.25, 0.3) is 10.9 Å². The zero-order chi connectivity index (χ0) is 13.9. The number of aromatic nitrogens is 2. The summed E-state index contributed by atoms with van der Waals surface area (Å²) < 4.78 is 5.94. The van der Waals surface area contributed by atoms with Crippen molar-refractivity contribution in [2.24, 2.45) is 0 Å². The lowest BCUT2D eigenvalue weighted by Gasteiger charge is -2.30. The van der Waals surface area contributed by atoms with Crippen LogP contribution in [0.2, 0.25) is 0 Å². The molecule has 1 aromatic heterocycles. The fourth-order valence-electron chi connectivity index (χ4n) is 2.52. The predicted molar refractivity (Wildman–Crippen MR) is 78.7 cm³/mol. The third-order valence-corrected chi connectivity index (χ3v) is 3.55. The van der Waals surface area contributed by atoms with Gasteiger partial charge in [-0.15, -0.1) is 0 Å². The first-order valence-corrected chi connectivity index (χ1v) is 6.78. The van der Waals surface area contributed by atoms with E-state index in [2.05, 4.69) is 27.2 Å². The lowest BCUT2D eigenvalue weighted by atomic mass is 10.2. The van der Waals surface area contributed by atoms with Gasteiger partial charge in [-0.05, 0) is 19.2 Å². The van der Waals surface area contributed by atoms with E-state index >= 15 is 0 Å². The number of anilines is 1. The number of rotatable bonds is 3. The summed E-state index contributed by atoms with van der Waals surface area (Å²) >= 11 is 0. The summed E-state index contributed by atoms with van der Waals surface area (Å²) in [6.07, 6.45) is 1.47. The maximum absolute atomic E-state index is 5.94. The predicted octanol–water partition coefficient (Wildman–Crippen LogP) is 0.494. The number of nitrogens with zero attached hydrogens (tertiary/aromatic N) is 3. The second-order valence-corrected chi connectivity index (χ2v) is 5.13. The quantitative estimate of drug-likeness (QED) is 0.848. The number of hydrogen-bond acceptors (Lipinski definition) is 6. The van der Waals surface area contributed by atoms with Gasteiger partial charge in [0.1, 0.15) is 24.5 Å². The molecule has 1 fully saturated rings. The smallest absolute Gasteiger partial charge is 0.138 e. The van der Waals surface area contributed by atoms with E-state index in [9.17, 15) is 0 Å². The Morgan fingerprint density at radius 2 is 2.35 bits per heavy atom. The summed E-state index contributed by atoms with van der Waals surface area (Å²) in [6.45, 7) is 3.66. The molecule has 2 aromatic rings. The Bertz CT molecular complexity index is 598. The molecule has 106 valence electrons. The molecule has 0 radical (unpaired) electrons. The van der Waals surface area contributed by atoms with Crippen LogP contribution < -0.4 is 15.8 Å². The van der Waals surface area contributed by atoms with Gasteiger partial charge in [0, 0.05) is 19.6 Å². The molecular weight excluding hydrogens is 254 g/mol. The maximum Gasteiger partial charge on any atom is 0.138 e. The molecule has 6 nitrogen and oxygen atoms in total. The summed E-state index contributed by atoms with van der Waals surface area (Å²) in [5.41, 5.74) is 6.74. The van der Waals surface area contributed by atoms with Crippen LogP contribution in [0, 0.1) is 0 Å². The molecule has 1 saturated heterocycles. The third kappa shape index (κ3) is 2.66. The second-order valence-electron chi connectivity index (χ2n) is 5.13. The fourth-order valence-corrected chi connectivity index (χ4v) is 2.52. The first kappa shape index (κ1) is 13.1. The molecule has 1 atom stereocenters. The number of hydrogen-bond donors (Lipinski definition) is 2.